The summed E-state index contributed by atoms with van der Waals surface area (Å²) >= 11 is 0. The van der Waals surface area contributed by atoms with Crippen LogP contribution >= 0.6 is 0 Å². The van der Waals surface area contributed by atoms with Gasteiger partial charge >= 0.3 is 0 Å². The van der Waals surface area contributed by atoms with Crippen LogP contribution in [0, 0.1) is 6.92 Å². The maximum absolute atomic E-state index is 2.37. The van der Waals surface area contributed by atoms with Gasteiger partial charge in [-0.05, 0) is 46.7 Å². The van der Waals surface area contributed by atoms with Gasteiger partial charge < -0.3 is 0 Å². The van der Waals surface area contributed by atoms with Gasteiger partial charge in [0.25, 0.3) is 0 Å². The third-order valence-corrected chi connectivity index (χ3v) is 4.59. The van der Waals surface area contributed by atoms with Crippen LogP contribution in [0.5, 0.6) is 0 Å². The number of hydrogen-bond donors (Lipinski definition) is 0. The summed E-state index contributed by atoms with van der Waals surface area (Å²) in [6.45, 7) is 9.08. The summed E-state index contributed by atoms with van der Waals surface area (Å²) < 4.78 is 2.19. The Kier molecular flexibility index (Phi) is 4.28. The van der Waals surface area contributed by atoms with E-state index in [2.05, 4.69) is 106 Å². The zero-order chi connectivity index (χ0) is 17.3. The molecule has 0 fully saturated rings. The molecule has 0 saturated carbocycles. The van der Waals surface area contributed by atoms with Gasteiger partial charge in [0.15, 0.2) is 6.20 Å². The largest absolute Gasteiger partial charge is 0.212 e. The van der Waals surface area contributed by atoms with Gasteiger partial charge in [-0.25, -0.2) is 4.57 Å². The van der Waals surface area contributed by atoms with Crippen molar-refractivity contribution in [2.24, 2.45) is 7.05 Å². The number of nitrogens with zero attached hydrogens (tertiary/aromatic N) is 1. The van der Waals surface area contributed by atoms with Crippen LogP contribution in [0.2, 0.25) is 0 Å². The first-order valence-corrected chi connectivity index (χ1v) is 8.53. The standard InChI is InChI=1S/C23H26N/c1-17-15-21(23(2,3)4)20(18-11-7-6-8-12-18)16-19(17)22-13-9-10-14-24(22)5/h6-16H,1-5H3/q+1. The van der Waals surface area contributed by atoms with Crippen LogP contribution in [0.1, 0.15) is 31.9 Å². The number of hydrogen-bond acceptors (Lipinski definition) is 0. The Morgan fingerprint density at radius 1 is 0.792 bits per heavy atom. The minimum Gasteiger partial charge on any atom is -0.201 e. The van der Waals surface area contributed by atoms with Gasteiger partial charge in [-0.15, -0.1) is 0 Å². The molecule has 0 radical (unpaired) electrons. The molecule has 0 saturated heterocycles. The van der Waals surface area contributed by atoms with Crippen molar-refractivity contribution in [2.45, 2.75) is 33.1 Å². The minimum atomic E-state index is 0.105. The number of rotatable bonds is 2. The topological polar surface area (TPSA) is 3.88 Å². The molecule has 0 unspecified atom stereocenters. The van der Waals surface area contributed by atoms with E-state index in [1.165, 1.54) is 33.5 Å². The number of aromatic nitrogens is 1. The van der Waals surface area contributed by atoms with Crippen LogP contribution in [0.15, 0.2) is 66.9 Å². The van der Waals surface area contributed by atoms with Crippen molar-refractivity contribution < 1.29 is 4.57 Å². The van der Waals surface area contributed by atoms with E-state index in [1.807, 2.05) is 0 Å². The molecule has 1 heteroatoms. The third kappa shape index (κ3) is 3.12. The highest BCUT2D eigenvalue weighted by Crippen LogP contribution is 2.37. The van der Waals surface area contributed by atoms with Crippen molar-refractivity contribution in [2.75, 3.05) is 0 Å². The van der Waals surface area contributed by atoms with Crippen LogP contribution in [-0.4, -0.2) is 0 Å². The Bertz CT molecular complexity index is 855. The fraction of sp³-hybridized carbons (Fsp3) is 0.261. The molecule has 122 valence electrons. The number of pyridine rings is 1. The first-order chi connectivity index (χ1) is 11.4. The molecule has 0 aliphatic rings. The normalized spacial score (nSPS) is 11.5. The van der Waals surface area contributed by atoms with Crippen molar-refractivity contribution in [3.8, 4) is 22.4 Å². The fourth-order valence-electron chi connectivity index (χ4n) is 3.26. The van der Waals surface area contributed by atoms with E-state index >= 15 is 0 Å². The van der Waals surface area contributed by atoms with Gasteiger partial charge in [0.05, 0.1) is 0 Å². The van der Waals surface area contributed by atoms with Crippen LogP contribution in [0.25, 0.3) is 22.4 Å². The lowest BCUT2D eigenvalue weighted by atomic mass is 9.79. The Labute approximate surface area is 145 Å². The van der Waals surface area contributed by atoms with Gasteiger partial charge in [0, 0.05) is 17.7 Å². The first kappa shape index (κ1) is 16.4. The molecular weight excluding hydrogens is 290 g/mol. The van der Waals surface area contributed by atoms with Crippen LogP contribution < -0.4 is 4.57 Å². The molecule has 3 rings (SSSR count). The predicted molar refractivity (Wildman–Crippen MR) is 102 cm³/mol. The minimum absolute atomic E-state index is 0.105. The lowest BCUT2D eigenvalue weighted by Crippen LogP contribution is -2.30. The van der Waals surface area contributed by atoms with Crippen molar-refractivity contribution in [1.82, 2.24) is 0 Å². The van der Waals surface area contributed by atoms with E-state index in [4.69, 9.17) is 0 Å². The summed E-state index contributed by atoms with van der Waals surface area (Å²) in [5.74, 6) is 0. The quantitative estimate of drug-likeness (QED) is 0.553. The zero-order valence-electron chi connectivity index (χ0n) is 15.3. The Hall–Kier alpha value is -2.41. The van der Waals surface area contributed by atoms with Gasteiger partial charge in [-0.1, -0.05) is 57.2 Å². The number of benzene rings is 2. The Morgan fingerprint density at radius 3 is 2.08 bits per heavy atom. The molecule has 1 heterocycles. The van der Waals surface area contributed by atoms with E-state index in [-0.39, 0.29) is 5.41 Å². The van der Waals surface area contributed by atoms with Crippen molar-refractivity contribution in [3.63, 3.8) is 0 Å². The molecule has 0 atom stereocenters. The van der Waals surface area contributed by atoms with Crippen LogP contribution in [0.3, 0.4) is 0 Å². The summed E-state index contributed by atoms with van der Waals surface area (Å²) in [5, 5.41) is 0. The molecular formula is C23H26N+. The molecule has 24 heavy (non-hydrogen) atoms. The van der Waals surface area contributed by atoms with Gasteiger partial charge in [-0.2, -0.15) is 0 Å². The van der Waals surface area contributed by atoms with Crippen LogP contribution in [-0.2, 0) is 12.5 Å². The van der Waals surface area contributed by atoms with E-state index in [0.29, 0.717) is 0 Å². The van der Waals surface area contributed by atoms with E-state index in [9.17, 15) is 0 Å². The van der Waals surface area contributed by atoms with E-state index in [1.54, 1.807) is 0 Å². The van der Waals surface area contributed by atoms with Gasteiger partial charge in [0.1, 0.15) is 7.05 Å². The van der Waals surface area contributed by atoms with Crippen molar-refractivity contribution in [1.29, 1.82) is 0 Å². The fourth-order valence-corrected chi connectivity index (χ4v) is 3.26. The second kappa shape index (κ2) is 6.24. The predicted octanol–water partition coefficient (Wildman–Crippen LogP) is 5.45. The van der Waals surface area contributed by atoms with Gasteiger partial charge in [0.2, 0.25) is 5.69 Å². The molecule has 1 nitrogen and oxygen atoms in total. The second-order valence-electron chi connectivity index (χ2n) is 7.53. The van der Waals surface area contributed by atoms with E-state index in [0.717, 1.165) is 0 Å². The summed E-state index contributed by atoms with van der Waals surface area (Å²) in [7, 11) is 2.11. The molecule has 0 aliphatic heterocycles. The molecule has 0 N–H and O–H groups in total. The Balaban J connectivity index is 2.30. The van der Waals surface area contributed by atoms with Gasteiger partial charge in [-0.3, -0.25) is 0 Å². The summed E-state index contributed by atoms with van der Waals surface area (Å²) in [6.07, 6.45) is 2.11. The van der Waals surface area contributed by atoms with Crippen molar-refractivity contribution in [3.05, 3.63) is 78.0 Å². The highest BCUT2D eigenvalue weighted by Gasteiger charge is 2.22. The molecule has 2 aromatic carbocycles. The number of aryl methyl sites for hydroxylation is 2. The molecule has 0 aliphatic carbocycles. The van der Waals surface area contributed by atoms with E-state index < -0.39 is 0 Å². The summed E-state index contributed by atoms with van der Waals surface area (Å²) in [6, 6.07) is 21.8. The average molecular weight is 316 g/mol. The summed E-state index contributed by atoms with van der Waals surface area (Å²) in [4.78, 5) is 0. The maximum atomic E-state index is 2.37. The molecule has 3 aromatic rings. The zero-order valence-corrected chi connectivity index (χ0v) is 15.3. The molecule has 0 amide bonds. The monoisotopic (exact) mass is 316 g/mol. The first-order valence-electron chi connectivity index (χ1n) is 8.53. The highest BCUT2D eigenvalue weighted by atomic mass is 14.9. The molecule has 0 bridgehead atoms. The maximum Gasteiger partial charge on any atom is 0.212 e. The molecule has 0 spiro atoms. The Morgan fingerprint density at radius 2 is 1.46 bits per heavy atom. The smallest absolute Gasteiger partial charge is 0.201 e. The third-order valence-electron chi connectivity index (χ3n) is 4.59. The SMILES string of the molecule is Cc1cc(C(C)(C)C)c(-c2ccccc2)cc1-c1cccc[n+]1C. The average Bonchev–Trinajstić information content (AvgIpc) is 2.55. The lowest BCUT2D eigenvalue weighted by Gasteiger charge is -2.25. The highest BCUT2D eigenvalue weighted by molar-refractivity contribution is 5.76. The second-order valence-corrected chi connectivity index (χ2v) is 7.53. The van der Waals surface area contributed by atoms with Crippen molar-refractivity contribution >= 4 is 0 Å². The summed E-state index contributed by atoms with van der Waals surface area (Å²) in [5.41, 5.74) is 7.97. The van der Waals surface area contributed by atoms with Crippen LogP contribution in [0.4, 0.5) is 0 Å². The molecule has 1 aromatic heterocycles. The lowest BCUT2D eigenvalue weighted by molar-refractivity contribution is -0.660.